The van der Waals surface area contributed by atoms with E-state index in [1.807, 2.05) is 0 Å². The molecular formula is C13H23N3S. The zero-order valence-electron chi connectivity index (χ0n) is 10.8. The summed E-state index contributed by atoms with van der Waals surface area (Å²) in [6, 6.07) is 0.305. The smallest absolute Gasteiger partial charge is 0.0900 e. The zero-order valence-corrected chi connectivity index (χ0v) is 11.6. The third-order valence-electron chi connectivity index (χ3n) is 3.77. The highest BCUT2D eigenvalue weighted by molar-refractivity contribution is 7.11. The highest BCUT2D eigenvalue weighted by Gasteiger charge is 2.26. The van der Waals surface area contributed by atoms with Crippen LogP contribution >= 0.6 is 11.3 Å². The predicted molar refractivity (Wildman–Crippen MR) is 72.8 cm³/mol. The van der Waals surface area contributed by atoms with Gasteiger partial charge in [-0.1, -0.05) is 25.7 Å². The van der Waals surface area contributed by atoms with Gasteiger partial charge in [-0.25, -0.2) is 4.98 Å². The first-order valence-corrected chi connectivity index (χ1v) is 7.44. The van der Waals surface area contributed by atoms with E-state index >= 15 is 0 Å². The molecule has 1 atom stereocenters. The number of rotatable bonds is 3. The Balaban J connectivity index is 2.16. The van der Waals surface area contributed by atoms with E-state index in [0.29, 0.717) is 12.0 Å². The summed E-state index contributed by atoms with van der Waals surface area (Å²) < 4.78 is 0. The van der Waals surface area contributed by atoms with Crippen LogP contribution in [0.25, 0.3) is 0 Å². The van der Waals surface area contributed by atoms with E-state index in [2.05, 4.69) is 24.3 Å². The van der Waals surface area contributed by atoms with Crippen LogP contribution in [-0.2, 0) is 0 Å². The van der Waals surface area contributed by atoms with Gasteiger partial charge in [0.2, 0.25) is 0 Å². The van der Waals surface area contributed by atoms with Crippen LogP contribution in [-0.4, -0.2) is 4.98 Å². The van der Waals surface area contributed by atoms with E-state index in [4.69, 9.17) is 5.84 Å². The molecule has 0 aliphatic heterocycles. The summed E-state index contributed by atoms with van der Waals surface area (Å²) in [6.45, 7) is 4.17. The molecule has 0 bridgehead atoms. The predicted octanol–water partition coefficient (Wildman–Crippen LogP) is 3.23. The van der Waals surface area contributed by atoms with E-state index in [1.54, 1.807) is 11.3 Å². The number of hydrogen-bond acceptors (Lipinski definition) is 4. The van der Waals surface area contributed by atoms with Crippen molar-refractivity contribution in [3.8, 4) is 0 Å². The van der Waals surface area contributed by atoms with E-state index in [-0.39, 0.29) is 0 Å². The minimum atomic E-state index is 0.305. The molecule has 2 rings (SSSR count). The summed E-state index contributed by atoms with van der Waals surface area (Å²) >= 11 is 1.79. The topological polar surface area (TPSA) is 50.9 Å². The van der Waals surface area contributed by atoms with Crippen molar-refractivity contribution in [2.45, 2.75) is 58.4 Å². The first-order chi connectivity index (χ1) is 8.22. The van der Waals surface area contributed by atoms with E-state index in [1.165, 1.54) is 43.4 Å². The number of nitrogens with two attached hydrogens (primary N) is 1. The first kappa shape index (κ1) is 13.0. The van der Waals surface area contributed by atoms with Gasteiger partial charge in [0, 0.05) is 4.88 Å². The van der Waals surface area contributed by atoms with Gasteiger partial charge in [0.05, 0.1) is 16.7 Å². The lowest BCUT2D eigenvalue weighted by atomic mass is 9.91. The molecule has 1 aliphatic rings. The molecule has 3 N–H and O–H groups in total. The van der Waals surface area contributed by atoms with Gasteiger partial charge >= 0.3 is 0 Å². The average molecular weight is 253 g/mol. The summed E-state index contributed by atoms with van der Waals surface area (Å²) in [7, 11) is 0. The molecule has 1 unspecified atom stereocenters. The van der Waals surface area contributed by atoms with Crippen molar-refractivity contribution in [1.82, 2.24) is 10.4 Å². The van der Waals surface area contributed by atoms with Gasteiger partial charge in [-0.3, -0.25) is 11.3 Å². The van der Waals surface area contributed by atoms with Crippen LogP contribution in [0.5, 0.6) is 0 Å². The Kier molecular flexibility index (Phi) is 4.54. The monoisotopic (exact) mass is 253 g/mol. The van der Waals surface area contributed by atoms with Gasteiger partial charge in [-0.2, -0.15) is 0 Å². The van der Waals surface area contributed by atoms with Gasteiger partial charge in [0.15, 0.2) is 0 Å². The number of hydrogen-bond donors (Lipinski definition) is 2. The normalized spacial score (nSPS) is 20.2. The van der Waals surface area contributed by atoms with Gasteiger partial charge in [0.25, 0.3) is 0 Å². The fourth-order valence-corrected chi connectivity index (χ4v) is 3.99. The minimum absolute atomic E-state index is 0.305. The number of nitrogens with one attached hydrogen (secondary N) is 1. The van der Waals surface area contributed by atoms with Crippen molar-refractivity contribution in [3.63, 3.8) is 0 Å². The van der Waals surface area contributed by atoms with Gasteiger partial charge in [0.1, 0.15) is 0 Å². The van der Waals surface area contributed by atoms with Crippen molar-refractivity contribution in [2.24, 2.45) is 11.8 Å². The first-order valence-electron chi connectivity index (χ1n) is 6.62. The highest BCUT2D eigenvalue weighted by atomic mass is 32.1. The molecule has 1 fully saturated rings. The second-order valence-electron chi connectivity index (χ2n) is 5.08. The maximum absolute atomic E-state index is 5.79. The van der Waals surface area contributed by atoms with Crippen molar-refractivity contribution in [1.29, 1.82) is 0 Å². The Morgan fingerprint density at radius 1 is 1.24 bits per heavy atom. The number of thiazole rings is 1. The molecule has 1 aliphatic carbocycles. The summed E-state index contributed by atoms with van der Waals surface area (Å²) in [5.74, 6) is 6.48. The number of hydrazine groups is 1. The highest BCUT2D eigenvalue weighted by Crippen LogP contribution is 2.36. The minimum Gasteiger partial charge on any atom is -0.271 e. The lowest BCUT2D eigenvalue weighted by Crippen LogP contribution is -2.33. The Hall–Kier alpha value is -0.450. The van der Waals surface area contributed by atoms with Crippen molar-refractivity contribution >= 4 is 11.3 Å². The van der Waals surface area contributed by atoms with E-state index in [9.17, 15) is 0 Å². The fraction of sp³-hybridized carbons (Fsp3) is 0.769. The van der Waals surface area contributed by atoms with Crippen molar-refractivity contribution in [2.75, 3.05) is 0 Å². The summed E-state index contributed by atoms with van der Waals surface area (Å²) in [6.07, 6.45) is 8.05. The molecule has 0 aromatic carbocycles. The SMILES string of the molecule is Cc1nc(C)c(C(NN)C2CCCCCC2)s1. The molecule has 0 saturated heterocycles. The van der Waals surface area contributed by atoms with Gasteiger partial charge in [-0.05, 0) is 32.6 Å². The Morgan fingerprint density at radius 2 is 1.88 bits per heavy atom. The Morgan fingerprint density at radius 3 is 2.35 bits per heavy atom. The second-order valence-corrected chi connectivity index (χ2v) is 6.31. The molecule has 1 heterocycles. The molecule has 0 radical (unpaired) electrons. The van der Waals surface area contributed by atoms with Crippen LogP contribution < -0.4 is 11.3 Å². The van der Waals surface area contributed by atoms with Crippen LogP contribution in [0.3, 0.4) is 0 Å². The van der Waals surface area contributed by atoms with E-state index in [0.717, 1.165) is 10.7 Å². The molecule has 17 heavy (non-hydrogen) atoms. The summed E-state index contributed by atoms with van der Waals surface area (Å²) in [5, 5.41) is 1.14. The second kappa shape index (κ2) is 5.94. The largest absolute Gasteiger partial charge is 0.271 e. The molecule has 1 aromatic heterocycles. The maximum atomic E-state index is 5.79. The molecular weight excluding hydrogens is 230 g/mol. The third-order valence-corrected chi connectivity index (χ3v) is 4.93. The molecule has 3 nitrogen and oxygen atoms in total. The van der Waals surface area contributed by atoms with Crippen LogP contribution in [0.15, 0.2) is 0 Å². The van der Waals surface area contributed by atoms with Crippen LogP contribution in [0, 0.1) is 19.8 Å². The standard InChI is InChI=1S/C13H23N3S/c1-9-13(17-10(2)15-9)12(16-14)11-7-5-3-4-6-8-11/h11-12,16H,3-8,14H2,1-2H3. The average Bonchev–Trinajstić information content (AvgIpc) is 2.55. The quantitative estimate of drug-likeness (QED) is 0.494. The molecule has 1 aromatic rings. The summed E-state index contributed by atoms with van der Waals surface area (Å²) in [4.78, 5) is 5.87. The zero-order chi connectivity index (χ0) is 12.3. The van der Waals surface area contributed by atoms with Gasteiger partial charge in [-0.15, -0.1) is 11.3 Å². The third kappa shape index (κ3) is 3.06. The number of aryl methyl sites for hydroxylation is 2. The molecule has 4 heteroatoms. The van der Waals surface area contributed by atoms with Crippen molar-refractivity contribution < 1.29 is 0 Å². The molecule has 1 saturated carbocycles. The summed E-state index contributed by atoms with van der Waals surface area (Å²) in [5.41, 5.74) is 4.19. The van der Waals surface area contributed by atoms with Crippen LogP contribution in [0.2, 0.25) is 0 Å². The molecule has 0 spiro atoms. The lowest BCUT2D eigenvalue weighted by molar-refractivity contribution is 0.332. The van der Waals surface area contributed by atoms with Crippen LogP contribution in [0.4, 0.5) is 0 Å². The lowest BCUT2D eigenvalue weighted by Gasteiger charge is -2.24. The van der Waals surface area contributed by atoms with Crippen LogP contribution in [0.1, 0.15) is 60.1 Å². The maximum Gasteiger partial charge on any atom is 0.0900 e. The van der Waals surface area contributed by atoms with E-state index < -0.39 is 0 Å². The number of nitrogens with zero attached hydrogens (tertiary/aromatic N) is 1. The molecule has 96 valence electrons. The Bertz CT molecular complexity index is 354. The van der Waals surface area contributed by atoms with Gasteiger partial charge < -0.3 is 0 Å². The van der Waals surface area contributed by atoms with Crippen molar-refractivity contribution in [3.05, 3.63) is 15.6 Å². The Labute approximate surface area is 108 Å². The molecule has 0 amide bonds. The fourth-order valence-electron chi connectivity index (χ4n) is 2.91. The number of aromatic nitrogens is 1.